The lowest BCUT2D eigenvalue weighted by molar-refractivity contribution is -0.384. The minimum absolute atomic E-state index is 0.0554. The fraction of sp³-hybridized carbons (Fsp3) is 0.417. The minimum Gasteiger partial charge on any atom is -0.460 e. The van der Waals surface area contributed by atoms with Crippen LogP contribution >= 0.6 is 0 Å². The average Bonchev–Trinajstić information content (AvgIpc) is 2.88. The second-order valence-electron chi connectivity index (χ2n) is 7.38. The topological polar surface area (TPSA) is 158 Å². The molecular weight excluding hydrogens is 476 g/mol. The monoisotopic (exact) mass is 508 g/mol. The van der Waals surface area contributed by atoms with Gasteiger partial charge in [0.25, 0.3) is 5.69 Å². The Labute approximate surface area is 209 Å². The van der Waals surface area contributed by atoms with E-state index in [0.29, 0.717) is 18.8 Å². The summed E-state index contributed by atoms with van der Waals surface area (Å²) in [6.07, 6.45) is 0.187. The number of esters is 2. The predicted molar refractivity (Wildman–Crippen MR) is 130 cm³/mol. The molecule has 0 fully saturated rings. The molecular formula is C24H32N2O10. The van der Waals surface area contributed by atoms with Gasteiger partial charge in [-0.2, -0.15) is 0 Å². The Balaban J connectivity index is 2.53. The average molecular weight is 509 g/mol. The van der Waals surface area contributed by atoms with Crippen LogP contribution in [-0.4, -0.2) is 92.0 Å². The second kappa shape index (κ2) is 16.9. The van der Waals surface area contributed by atoms with Crippen molar-refractivity contribution in [3.63, 3.8) is 0 Å². The Bertz CT molecular complexity index is 887. The molecule has 0 aliphatic heterocycles. The van der Waals surface area contributed by atoms with Crippen molar-refractivity contribution in [1.29, 1.82) is 0 Å². The Kier molecular flexibility index (Phi) is 14.3. The van der Waals surface area contributed by atoms with Gasteiger partial charge in [-0.25, -0.2) is 9.59 Å². The zero-order chi connectivity index (χ0) is 26.9. The van der Waals surface area contributed by atoms with Crippen molar-refractivity contribution >= 4 is 23.3 Å². The summed E-state index contributed by atoms with van der Waals surface area (Å²) in [5.74, 6) is -1.33. The van der Waals surface area contributed by atoms with Crippen molar-refractivity contribution in [1.82, 2.24) is 0 Å². The van der Waals surface area contributed by atoms with Crippen LogP contribution in [0.1, 0.15) is 0 Å². The van der Waals surface area contributed by atoms with Crippen LogP contribution < -0.4 is 4.90 Å². The number of ether oxygens (including phenoxy) is 4. The van der Waals surface area contributed by atoms with Gasteiger partial charge in [0.2, 0.25) is 0 Å². The van der Waals surface area contributed by atoms with Gasteiger partial charge in [0.15, 0.2) is 0 Å². The number of non-ortho nitro benzene ring substituents is 1. The zero-order valence-corrected chi connectivity index (χ0v) is 20.0. The number of hydrogen-bond donors (Lipinski definition) is 2. The van der Waals surface area contributed by atoms with Crippen molar-refractivity contribution in [3.8, 4) is 0 Å². The molecule has 12 heteroatoms. The third kappa shape index (κ3) is 12.2. The molecule has 198 valence electrons. The second-order valence-corrected chi connectivity index (χ2v) is 7.38. The van der Waals surface area contributed by atoms with Gasteiger partial charge in [-0.1, -0.05) is 25.8 Å². The molecule has 0 aliphatic rings. The van der Waals surface area contributed by atoms with E-state index < -0.39 is 29.1 Å². The Morgan fingerprint density at radius 1 is 0.944 bits per heavy atom. The molecule has 1 rings (SSSR count). The summed E-state index contributed by atoms with van der Waals surface area (Å²) in [6, 6.07) is 5.92. The van der Waals surface area contributed by atoms with E-state index in [2.05, 4.69) is 19.7 Å². The highest BCUT2D eigenvalue weighted by Gasteiger charge is 2.13. The van der Waals surface area contributed by atoms with Crippen molar-refractivity contribution in [2.24, 2.45) is 0 Å². The van der Waals surface area contributed by atoms with Gasteiger partial charge in [0, 0.05) is 37.0 Å². The fourth-order valence-electron chi connectivity index (χ4n) is 2.62. The molecule has 0 saturated carbocycles. The van der Waals surface area contributed by atoms with Gasteiger partial charge >= 0.3 is 11.9 Å². The predicted octanol–water partition coefficient (Wildman–Crippen LogP) is 1.17. The zero-order valence-electron chi connectivity index (χ0n) is 20.0. The van der Waals surface area contributed by atoms with E-state index in [1.807, 2.05) is 4.90 Å². The van der Waals surface area contributed by atoms with Crippen LogP contribution in [0.15, 0.2) is 61.7 Å². The van der Waals surface area contributed by atoms with E-state index in [9.17, 15) is 29.9 Å². The third-order valence-corrected chi connectivity index (χ3v) is 4.56. The molecule has 0 bridgehead atoms. The van der Waals surface area contributed by atoms with E-state index in [0.717, 1.165) is 6.08 Å². The number of nitrogens with zero attached hydrogens (tertiary/aromatic N) is 2. The number of benzene rings is 1. The molecule has 0 spiro atoms. The molecule has 0 amide bonds. The number of nitro benzene ring substituents is 1. The number of rotatable bonds is 19. The SMILES string of the molecule is C=CC(=C)C(=O)OCC(O)COCCN(CCOCC(O)COC(=O)C=C)c1ccc([N+](=O)[O-])cc1. The highest BCUT2D eigenvalue weighted by Crippen LogP contribution is 2.19. The summed E-state index contributed by atoms with van der Waals surface area (Å²) >= 11 is 0. The first-order chi connectivity index (χ1) is 17.2. The number of anilines is 1. The molecule has 0 aromatic heterocycles. The maximum atomic E-state index is 11.5. The first kappa shape index (κ1) is 30.5. The van der Waals surface area contributed by atoms with Crippen LogP contribution in [0.25, 0.3) is 0 Å². The highest BCUT2D eigenvalue weighted by atomic mass is 16.6. The molecule has 1 aromatic rings. The van der Waals surface area contributed by atoms with Gasteiger partial charge in [-0.15, -0.1) is 0 Å². The number of carbonyl (C=O) groups is 2. The smallest absolute Gasteiger partial charge is 0.337 e. The van der Waals surface area contributed by atoms with Crippen LogP contribution in [0.4, 0.5) is 11.4 Å². The number of carbonyl (C=O) groups excluding carboxylic acids is 2. The van der Waals surface area contributed by atoms with Crippen LogP contribution in [0.2, 0.25) is 0 Å². The van der Waals surface area contributed by atoms with E-state index >= 15 is 0 Å². The summed E-state index contributed by atoms with van der Waals surface area (Å²) in [7, 11) is 0. The first-order valence-electron chi connectivity index (χ1n) is 11.0. The molecule has 12 nitrogen and oxygen atoms in total. The standard InChI is InChI=1S/C24H32N2O10/c1-4-18(3)24(30)36-17-22(28)15-34-13-11-25(19-6-8-20(9-7-19)26(31)32)10-12-33-14-21(27)16-35-23(29)5-2/h4-9,21-22,27-28H,1-3,10-17H2. The molecule has 2 unspecified atom stereocenters. The molecule has 0 heterocycles. The molecule has 0 aliphatic carbocycles. The number of nitro groups is 1. The first-order valence-corrected chi connectivity index (χ1v) is 11.0. The maximum Gasteiger partial charge on any atom is 0.337 e. The van der Waals surface area contributed by atoms with Crippen LogP contribution in [-0.2, 0) is 28.5 Å². The summed E-state index contributed by atoms with van der Waals surface area (Å²) < 4.78 is 20.5. The van der Waals surface area contributed by atoms with Crippen LogP contribution in [0.3, 0.4) is 0 Å². The third-order valence-electron chi connectivity index (χ3n) is 4.56. The summed E-state index contributed by atoms with van der Waals surface area (Å²) in [6.45, 7) is 10.5. The molecule has 2 N–H and O–H groups in total. The summed E-state index contributed by atoms with van der Waals surface area (Å²) in [5, 5.41) is 30.7. The van der Waals surface area contributed by atoms with E-state index in [-0.39, 0.29) is 50.9 Å². The van der Waals surface area contributed by atoms with E-state index in [1.54, 1.807) is 12.1 Å². The van der Waals surface area contributed by atoms with Crippen molar-refractivity contribution in [3.05, 3.63) is 71.8 Å². The van der Waals surface area contributed by atoms with E-state index in [4.69, 9.17) is 18.9 Å². The van der Waals surface area contributed by atoms with Crippen LogP contribution in [0.5, 0.6) is 0 Å². The molecule has 0 saturated heterocycles. The van der Waals surface area contributed by atoms with Crippen molar-refractivity contribution in [2.75, 3.05) is 57.6 Å². The van der Waals surface area contributed by atoms with Gasteiger partial charge in [0.05, 0.1) is 36.9 Å². The number of aliphatic hydroxyl groups excluding tert-OH is 2. The lowest BCUT2D eigenvalue weighted by Crippen LogP contribution is -2.33. The highest BCUT2D eigenvalue weighted by molar-refractivity contribution is 5.90. The van der Waals surface area contributed by atoms with Crippen molar-refractivity contribution in [2.45, 2.75) is 12.2 Å². The minimum atomic E-state index is -1.04. The number of aliphatic hydroxyl groups is 2. The molecule has 0 radical (unpaired) electrons. The van der Waals surface area contributed by atoms with Crippen LogP contribution in [0, 0.1) is 10.1 Å². The Morgan fingerprint density at radius 2 is 1.47 bits per heavy atom. The Hall–Kier alpha value is -3.58. The van der Waals surface area contributed by atoms with Gasteiger partial charge in [0.1, 0.15) is 25.4 Å². The van der Waals surface area contributed by atoms with Gasteiger partial charge in [-0.05, 0) is 12.1 Å². The van der Waals surface area contributed by atoms with Crippen molar-refractivity contribution < 1.29 is 43.7 Å². The maximum absolute atomic E-state index is 11.5. The quantitative estimate of drug-likeness (QED) is 0.0690. The lowest BCUT2D eigenvalue weighted by atomic mass is 10.2. The summed E-state index contributed by atoms with van der Waals surface area (Å²) in [4.78, 5) is 34.8. The largest absolute Gasteiger partial charge is 0.460 e. The normalized spacial score (nSPS) is 12.2. The van der Waals surface area contributed by atoms with Gasteiger partial charge in [-0.3, -0.25) is 10.1 Å². The number of hydrogen-bond acceptors (Lipinski definition) is 11. The van der Waals surface area contributed by atoms with E-state index in [1.165, 1.54) is 18.2 Å². The van der Waals surface area contributed by atoms with Gasteiger partial charge < -0.3 is 34.1 Å². The molecule has 1 aromatic carbocycles. The molecule has 36 heavy (non-hydrogen) atoms. The fourth-order valence-corrected chi connectivity index (χ4v) is 2.62. The Morgan fingerprint density at radius 3 is 1.94 bits per heavy atom. The molecule has 2 atom stereocenters. The lowest BCUT2D eigenvalue weighted by Gasteiger charge is -2.25. The summed E-state index contributed by atoms with van der Waals surface area (Å²) in [5.41, 5.74) is 0.695.